The quantitative estimate of drug-likeness (QED) is 0.786. The van der Waals surface area contributed by atoms with Crippen molar-refractivity contribution >= 4 is 11.9 Å². The first-order valence-electron chi connectivity index (χ1n) is 6.65. The molecule has 96 valence electrons. The lowest BCUT2D eigenvalue weighted by Crippen LogP contribution is -2.39. The van der Waals surface area contributed by atoms with Gasteiger partial charge in [0.05, 0.1) is 11.8 Å². The third-order valence-electron chi connectivity index (χ3n) is 4.15. The number of carbonyl (C=O) groups excluding carboxylic acids is 1. The monoisotopic (exact) mass is 239 g/mol. The van der Waals surface area contributed by atoms with Crippen molar-refractivity contribution in [2.24, 2.45) is 17.8 Å². The van der Waals surface area contributed by atoms with Crippen LogP contribution in [0.4, 0.5) is 0 Å². The minimum atomic E-state index is -0.833. The van der Waals surface area contributed by atoms with E-state index >= 15 is 0 Å². The van der Waals surface area contributed by atoms with Crippen molar-refractivity contribution in [3.63, 3.8) is 0 Å². The van der Waals surface area contributed by atoms with E-state index in [1.807, 2.05) is 0 Å². The Morgan fingerprint density at radius 3 is 2.59 bits per heavy atom. The number of carboxylic acid groups (broad SMARTS) is 1. The summed E-state index contributed by atoms with van der Waals surface area (Å²) in [6, 6.07) is 0.274. The van der Waals surface area contributed by atoms with Gasteiger partial charge >= 0.3 is 5.97 Å². The molecule has 2 N–H and O–H groups in total. The Labute approximate surface area is 102 Å². The molecule has 4 heteroatoms. The molecule has 2 fully saturated rings. The minimum absolute atomic E-state index is 0.0425. The van der Waals surface area contributed by atoms with Crippen molar-refractivity contribution < 1.29 is 14.7 Å². The van der Waals surface area contributed by atoms with Crippen LogP contribution in [0.25, 0.3) is 0 Å². The Bertz CT molecular complexity index is 316. The maximum Gasteiger partial charge on any atom is 0.307 e. The van der Waals surface area contributed by atoms with Crippen LogP contribution >= 0.6 is 0 Å². The fourth-order valence-corrected chi connectivity index (χ4v) is 2.86. The summed E-state index contributed by atoms with van der Waals surface area (Å²) in [7, 11) is 0. The van der Waals surface area contributed by atoms with Crippen LogP contribution in [0.2, 0.25) is 0 Å². The van der Waals surface area contributed by atoms with Gasteiger partial charge in [0, 0.05) is 6.04 Å². The molecular formula is C13H21NO3. The number of carboxylic acids is 1. The van der Waals surface area contributed by atoms with Crippen molar-refractivity contribution in [2.45, 2.75) is 51.5 Å². The van der Waals surface area contributed by atoms with Crippen molar-refractivity contribution in [3.8, 4) is 0 Å². The molecule has 2 unspecified atom stereocenters. The summed E-state index contributed by atoms with van der Waals surface area (Å²) >= 11 is 0. The standard InChI is InChI=1S/C13H21NO3/c1-2-8-4-3-5-9(6-8)14-12(15)10-7-11(10)13(16)17/h8-11H,2-7H2,1H3,(H,14,15)(H,16,17)/t8?,9?,10-,11+/m1/s1. The van der Waals surface area contributed by atoms with Crippen LogP contribution in [0.1, 0.15) is 45.4 Å². The molecule has 0 aromatic carbocycles. The van der Waals surface area contributed by atoms with Crippen LogP contribution in [-0.4, -0.2) is 23.0 Å². The van der Waals surface area contributed by atoms with Gasteiger partial charge in [-0.2, -0.15) is 0 Å². The van der Waals surface area contributed by atoms with Crippen LogP contribution < -0.4 is 5.32 Å². The van der Waals surface area contributed by atoms with Gasteiger partial charge in [-0.05, 0) is 25.2 Å². The van der Waals surface area contributed by atoms with E-state index in [2.05, 4.69) is 12.2 Å². The molecule has 2 aliphatic rings. The molecular weight excluding hydrogens is 218 g/mol. The molecule has 4 atom stereocenters. The Morgan fingerprint density at radius 2 is 2.00 bits per heavy atom. The largest absolute Gasteiger partial charge is 0.481 e. The van der Waals surface area contributed by atoms with Gasteiger partial charge in [-0.3, -0.25) is 9.59 Å². The van der Waals surface area contributed by atoms with Crippen molar-refractivity contribution in [1.82, 2.24) is 5.32 Å². The molecule has 0 aliphatic heterocycles. The van der Waals surface area contributed by atoms with Crippen LogP contribution in [0.3, 0.4) is 0 Å². The van der Waals surface area contributed by atoms with E-state index in [0.29, 0.717) is 6.42 Å². The van der Waals surface area contributed by atoms with Gasteiger partial charge in [0.2, 0.25) is 5.91 Å². The maximum atomic E-state index is 11.8. The number of nitrogens with one attached hydrogen (secondary N) is 1. The van der Waals surface area contributed by atoms with E-state index in [0.717, 1.165) is 18.8 Å². The highest BCUT2D eigenvalue weighted by molar-refractivity contribution is 5.89. The van der Waals surface area contributed by atoms with Crippen LogP contribution in [0, 0.1) is 17.8 Å². The Hall–Kier alpha value is -1.06. The second-order valence-electron chi connectivity index (χ2n) is 5.43. The SMILES string of the molecule is CCC1CCCC(NC(=O)[C@@H]2C[C@@H]2C(=O)O)C1. The fourth-order valence-electron chi connectivity index (χ4n) is 2.86. The molecule has 0 bridgehead atoms. The molecule has 17 heavy (non-hydrogen) atoms. The van der Waals surface area contributed by atoms with Crippen LogP contribution in [0.5, 0.6) is 0 Å². The van der Waals surface area contributed by atoms with Gasteiger partial charge in [0.1, 0.15) is 0 Å². The highest BCUT2D eigenvalue weighted by Gasteiger charge is 2.48. The predicted octanol–water partition coefficient (Wildman–Crippen LogP) is 1.79. The number of aliphatic carboxylic acids is 1. The van der Waals surface area contributed by atoms with Crippen LogP contribution in [0.15, 0.2) is 0 Å². The molecule has 0 saturated heterocycles. The highest BCUT2D eigenvalue weighted by atomic mass is 16.4. The third kappa shape index (κ3) is 2.99. The molecule has 2 aliphatic carbocycles. The first kappa shape index (κ1) is 12.4. The fraction of sp³-hybridized carbons (Fsp3) is 0.846. The number of amides is 1. The Morgan fingerprint density at radius 1 is 1.24 bits per heavy atom. The van der Waals surface area contributed by atoms with Crippen molar-refractivity contribution in [2.75, 3.05) is 0 Å². The predicted molar refractivity (Wildman–Crippen MR) is 63.4 cm³/mol. The van der Waals surface area contributed by atoms with Crippen LogP contribution in [-0.2, 0) is 9.59 Å². The number of rotatable bonds is 4. The minimum Gasteiger partial charge on any atom is -0.481 e. The first-order chi connectivity index (χ1) is 8.11. The normalized spacial score (nSPS) is 36.3. The Kier molecular flexibility index (Phi) is 3.69. The zero-order chi connectivity index (χ0) is 12.4. The van der Waals surface area contributed by atoms with Gasteiger partial charge in [-0.15, -0.1) is 0 Å². The lowest BCUT2D eigenvalue weighted by molar-refractivity contribution is -0.140. The summed E-state index contributed by atoms with van der Waals surface area (Å²) < 4.78 is 0. The summed E-state index contributed by atoms with van der Waals surface area (Å²) in [5.74, 6) is -0.849. The summed E-state index contributed by atoms with van der Waals surface area (Å²) in [6.07, 6.45) is 6.25. The average Bonchev–Trinajstić information content (AvgIpc) is 3.09. The molecule has 0 spiro atoms. The van der Waals surface area contributed by atoms with E-state index in [1.54, 1.807) is 0 Å². The van der Waals surface area contributed by atoms with E-state index < -0.39 is 11.9 Å². The molecule has 0 heterocycles. The van der Waals surface area contributed by atoms with Gasteiger partial charge in [-0.25, -0.2) is 0 Å². The maximum absolute atomic E-state index is 11.8. The first-order valence-corrected chi connectivity index (χ1v) is 6.65. The number of hydrogen-bond acceptors (Lipinski definition) is 2. The van der Waals surface area contributed by atoms with Crippen molar-refractivity contribution in [1.29, 1.82) is 0 Å². The molecule has 0 radical (unpaired) electrons. The molecule has 1 amide bonds. The topological polar surface area (TPSA) is 66.4 Å². The zero-order valence-corrected chi connectivity index (χ0v) is 10.3. The van der Waals surface area contributed by atoms with Gasteiger partial charge in [0.15, 0.2) is 0 Å². The van der Waals surface area contributed by atoms with E-state index in [1.165, 1.54) is 19.3 Å². The zero-order valence-electron chi connectivity index (χ0n) is 10.3. The molecule has 0 aromatic heterocycles. The second kappa shape index (κ2) is 5.07. The van der Waals surface area contributed by atoms with E-state index in [-0.39, 0.29) is 17.9 Å². The summed E-state index contributed by atoms with van der Waals surface area (Å²) in [4.78, 5) is 22.5. The molecule has 0 aromatic rings. The van der Waals surface area contributed by atoms with Gasteiger partial charge < -0.3 is 10.4 Å². The number of carbonyl (C=O) groups is 2. The lowest BCUT2D eigenvalue weighted by Gasteiger charge is -2.29. The van der Waals surface area contributed by atoms with E-state index in [4.69, 9.17) is 5.11 Å². The number of hydrogen-bond donors (Lipinski definition) is 2. The third-order valence-corrected chi connectivity index (χ3v) is 4.15. The van der Waals surface area contributed by atoms with Gasteiger partial charge in [0.25, 0.3) is 0 Å². The molecule has 2 rings (SSSR count). The van der Waals surface area contributed by atoms with Gasteiger partial charge in [-0.1, -0.05) is 26.2 Å². The molecule has 4 nitrogen and oxygen atoms in total. The Balaban J connectivity index is 1.77. The lowest BCUT2D eigenvalue weighted by atomic mass is 9.84. The summed E-state index contributed by atoms with van der Waals surface area (Å²) in [5.41, 5.74) is 0. The summed E-state index contributed by atoms with van der Waals surface area (Å²) in [5, 5.41) is 11.8. The highest BCUT2D eigenvalue weighted by Crippen LogP contribution is 2.39. The average molecular weight is 239 g/mol. The smallest absolute Gasteiger partial charge is 0.307 e. The van der Waals surface area contributed by atoms with E-state index in [9.17, 15) is 9.59 Å². The molecule has 2 saturated carbocycles. The second-order valence-corrected chi connectivity index (χ2v) is 5.43. The summed E-state index contributed by atoms with van der Waals surface area (Å²) in [6.45, 7) is 2.19. The van der Waals surface area contributed by atoms with Crippen molar-refractivity contribution in [3.05, 3.63) is 0 Å².